The molecule has 1 aromatic rings. The van der Waals surface area contributed by atoms with Crippen molar-refractivity contribution < 1.29 is 9.21 Å². The molecule has 0 aliphatic heterocycles. The van der Waals surface area contributed by atoms with Gasteiger partial charge >= 0.3 is 0 Å². The molecule has 0 aromatic carbocycles. The fourth-order valence-electron chi connectivity index (χ4n) is 1.13. The lowest BCUT2D eigenvalue weighted by atomic mass is 10.0. The summed E-state index contributed by atoms with van der Waals surface area (Å²) in [5.41, 5.74) is 5.24. The van der Waals surface area contributed by atoms with Gasteiger partial charge in [-0.05, 0) is 32.9 Å². The Morgan fingerprint density at radius 1 is 1.53 bits per heavy atom. The highest BCUT2D eigenvalue weighted by atomic mass is 16.3. The summed E-state index contributed by atoms with van der Waals surface area (Å²) >= 11 is 0. The van der Waals surface area contributed by atoms with Crippen molar-refractivity contribution in [2.75, 3.05) is 13.6 Å². The number of carbonyl (C=O) groups excluding carboxylic acids is 1. The van der Waals surface area contributed by atoms with Crippen LogP contribution in [0.25, 0.3) is 0 Å². The van der Waals surface area contributed by atoms with Crippen molar-refractivity contribution in [3.05, 3.63) is 23.7 Å². The lowest BCUT2D eigenvalue weighted by molar-refractivity contribution is 0.0606. The van der Waals surface area contributed by atoms with Gasteiger partial charge in [0.05, 0.1) is 0 Å². The highest BCUT2D eigenvalue weighted by molar-refractivity contribution is 5.91. The summed E-state index contributed by atoms with van der Waals surface area (Å²) in [4.78, 5) is 13.5. The van der Waals surface area contributed by atoms with Crippen molar-refractivity contribution in [2.24, 2.45) is 5.73 Å². The zero-order valence-corrected chi connectivity index (χ0v) is 9.70. The van der Waals surface area contributed by atoms with E-state index in [1.54, 1.807) is 24.1 Å². The molecule has 0 spiro atoms. The molecule has 1 rings (SSSR count). The monoisotopic (exact) mass is 210 g/mol. The maximum atomic E-state index is 11.9. The van der Waals surface area contributed by atoms with Crippen LogP contribution < -0.4 is 5.73 Å². The number of nitrogens with two attached hydrogens (primary N) is 1. The number of nitrogens with zero attached hydrogens (tertiary/aromatic N) is 1. The van der Waals surface area contributed by atoms with Gasteiger partial charge in [0.15, 0.2) is 5.76 Å². The van der Waals surface area contributed by atoms with Gasteiger partial charge in [-0.3, -0.25) is 4.79 Å². The standard InChI is InChI=1S/C11H18N2O2/c1-8-5-6-9(15-8)10(14)13(4)11(2,3)7-12/h5-6H,7,12H2,1-4H3. The molecular weight excluding hydrogens is 192 g/mol. The van der Waals surface area contributed by atoms with E-state index in [0.29, 0.717) is 12.3 Å². The molecule has 1 amide bonds. The Hall–Kier alpha value is -1.29. The van der Waals surface area contributed by atoms with E-state index < -0.39 is 0 Å². The first kappa shape index (κ1) is 11.8. The minimum atomic E-state index is -0.363. The van der Waals surface area contributed by atoms with Crippen LogP contribution in [0.1, 0.15) is 30.2 Å². The number of amides is 1. The lowest BCUT2D eigenvalue weighted by Gasteiger charge is -2.33. The Kier molecular flexibility index (Phi) is 3.19. The van der Waals surface area contributed by atoms with Crippen LogP contribution >= 0.6 is 0 Å². The van der Waals surface area contributed by atoms with Crippen LogP contribution in [0.4, 0.5) is 0 Å². The summed E-state index contributed by atoms with van der Waals surface area (Å²) < 4.78 is 5.27. The van der Waals surface area contributed by atoms with E-state index in [2.05, 4.69) is 0 Å². The van der Waals surface area contributed by atoms with E-state index in [1.165, 1.54) is 0 Å². The Balaban J connectivity index is 2.86. The second-order valence-corrected chi connectivity index (χ2v) is 4.29. The van der Waals surface area contributed by atoms with Gasteiger partial charge in [-0.25, -0.2) is 0 Å². The number of aryl methyl sites for hydroxylation is 1. The van der Waals surface area contributed by atoms with Crippen LogP contribution in [-0.2, 0) is 0 Å². The van der Waals surface area contributed by atoms with E-state index in [4.69, 9.17) is 10.2 Å². The van der Waals surface area contributed by atoms with Crippen LogP contribution in [0.3, 0.4) is 0 Å². The molecule has 0 aliphatic carbocycles. The molecule has 0 atom stereocenters. The molecule has 15 heavy (non-hydrogen) atoms. The zero-order valence-electron chi connectivity index (χ0n) is 9.70. The van der Waals surface area contributed by atoms with Gasteiger partial charge in [-0.15, -0.1) is 0 Å². The summed E-state index contributed by atoms with van der Waals surface area (Å²) in [6, 6.07) is 3.46. The average molecular weight is 210 g/mol. The molecule has 0 unspecified atom stereocenters. The van der Waals surface area contributed by atoms with Crippen molar-refractivity contribution >= 4 is 5.91 Å². The van der Waals surface area contributed by atoms with Crippen molar-refractivity contribution in [1.82, 2.24) is 4.90 Å². The molecule has 2 N–H and O–H groups in total. The molecule has 1 aromatic heterocycles. The van der Waals surface area contributed by atoms with E-state index in [9.17, 15) is 4.79 Å². The normalized spacial score (nSPS) is 11.5. The Morgan fingerprint density at radius 3 is 2.53 bits per heavy atom. The van der Waals surface area contributed by atoms with Gasteiger partial charge in [-0.2, -0.15) is 0 Å². The quantitative estimate of drug-likeness (QED) is 0.820. The first-order valence-electron chi connectivity index (χ1n) is 4.93. The molecule has 4 nitrogen and oxygen atoms in total. The minimum absolute atomic E-state index is 0.140. The fraction of sp³-hybridized carbons (Fsp3) is 0.545. The summed E-state index contributed by atoms with van der Waals surface area (Å²) in [6.45, 7) is 6.06. The predicted molar refractivity (Wildman–Crippen MR) is 58.7 cm³/mol. The summed E-state index contributed by atoms with van der Waals surface area (Å²) in [5.74, 6) is 0.951. The second kappa shape index (κ2) is 4.06. The van der Waals surface area contributed by atoms with Crippen LogP contribution in [-0.4, -0.2) is 29.9 Å². The summed E-state index contributed by atoms with van der Waals surface area (Å²) in [7, 11) is 1.73. The van der Waals surface area contributed by atoms with Gasteiger partial charge in [0, 0.05) is 19.1 Å². The molecular formula is C11H18N2O2. The van der Waals surface area contributed by atoms with Crippen LogP contribution in [0, 0.1) is 6.92 Å². The molecule has 0 saturated heterocycles. The first-order chi connectivity index (χ1) is 6.88. The number of rotatable bonds is 3. The fourth-order valence-corrected chi connectivity index (χ4v) is 1.13. The Labute approximate surface area is 90.0 Å². The molecule has 0 radical (unpaired) electrons. The number of hydrogen-bond acceptors (Lipinski definition) is 3. The van der Waals surface area contributed by atoms with E-state index in [-0.39, 0.29) is 11.4 Å². The number of hydrogen-bond donors (Lipinski definition) is 1. The minimum Gasteiger partial charge on any atom is -0.456 e. The molecule has 1 heterocycles. The van der Waals surface area contributed by atoms with Crippen molar-refractivity contribution in [2.45, 2.75) is 26.3 Å². The van der Waals surface area contributed by atoms with Gasteiger partial charge < -0.3 is 15.1 Å². The lowest BCUT2D eigenvalue weighted by Crippen LogP contribution is -2.49. The summed E-state index contributed by atoms with van der Waals surface area (Å²) in [5, 5.41) is 0. The number of carbonyl (C=O) groups is 1. The Bertz CT molecular complexity index is 355. The third kappa shape index (κ3) is 2.39. The number of furan rings is 1. The highest BCUT2D eigenvalue weighted by Crippen LogP contribution is 2.16. The maximum Gasteiger partial charge on any atom is 0.289 e. The van der Waals surface area contributed by atoms with Crippen LogP contribution in [0.2, 0.25) is 0 Å². The van der Waals surface area contributed by atoms with E-state index in [1.807, 2.05) is 20.8 Å². The average Bonchev–Trinajstić information content (AvgIpc) is 2.62. The number of likely N-dealkylation sites (N-methyl/N-ethyl adjacent to an activating group) is 1. The maximum absolute atomic E-state index is 11.9. The van der Waals surface area contributed by atoms with E-state index >= 15 is 0 Å². The van der Waals surface area contributed by atoms with Gasteiger partial charge in [-0.1, -0.05) is 0 Å². The SMILES string of the molecule is Cc1ccc(C(=O)N(C)C(C)(C)CN)o1. The van der Waals surface area contributed by atoms with Crippen LogP contribution in [0.15, 0.2) is 16.5 Å². The van der Waals surface area contributed by atoms with Crippen LogP contribution in [0.5, 0.6) is 0 Å². The molecule has 84 valence electrons. The third-order valence-corrected chi connectivity index (χ3v) is 2.66. The molecule has 0 saturated carbocycles. The first-order valence-corrected chi connectivity index (χ1v) is 4.93. The van der Waals surface area contributed by atoms with Crippen molar-refractivity contribution in [3.8, 4) is 0 Å². The molecule has 0 aliphatic rings. The smallest absolute Gasteiger partial charge is 0.289 e. The third-order valence-electron chi connectivity index (χ3n) is 2.66. The van der Waals surface area contributed by atoms with Gasteiger partial charge in [0.1, 0.15) is 5.76 Å². The van der Waals surface area contributed by atoms with E-state index in [0.717, 1.165) is 5.76 Å². The summed E-state index contributed by atoms with van der Waals surface area (Å²) in [6.07, 6.45) is 0. The topological polar surface area (TPSA) is 59.5 Å². The molecule has 0 fully saturated rings. The highest BCUT2D eigenvalue weighted by Gasteiger charge is 2.28. The molecule has 0 bridgehead atoms. The van der Waals surface area contributed by atoms with Gasteiger partial charge in [0.2, 0.25) is 0 Å². The second-order valence-electron chi connectivity index (χ2n) is 4.29. The molecule has 4 heteroatoms. The zero-order chi connectivity index (χ0) is 11.6. The van der Waals surface area contributed by atoms with Crippen molar-refractivity contribution in [1.29, 1.82) is 0 Å². The van der Waals surface area contributed by atoms with Gasteiger partial charge in [0.25, 0.3) is 5.91 Å². The largest absolute Gasteiger partial charge is 0.456 e. The Morgan fingerprint density at radius 2 is 2.13 bits per heavy atom. The predicted octanol–water partition coefficient (Wildman–Crippen LogP) is 1.40. The van der Waals surface area contributed by atoms with Crippen molar-refractivity contribution in [3.63, 3.8) is 0 Å².